The number of fused-ring (bicyclic) bond motifs is 1. The van der Waals surface area contributed by atoms with Crippen LogP contribution in [0.5, 0.6) is 0 Å². The fraction of sp³-hybridized carbons (Fsp3) is 0.538. The van der Waals surface area contributed by atoms with Crippen molar-refractivity contribution in [3.8, 4) is 0 Å². The second-order valence-electron chi connectivity index (χ2n) is 6.09. The molecule has 2 heterocycles. The summed E-state index contributed by atoms with van der Waals surface area (Å²) in [7, 11) is -3.10. The first kappa shape index (κ1) is 16.0. The van der Waals surface area contributed by atoms with E-state index >= 15 is 0 Å². The van der Waals surface area contributed by atoms with E-state index in [1.807, 2.05) is 20.8 Å². The minimum Gasteiger partial charge on any atom is -0.477 e. The van der Waals surface area contributed by atoms with Crippen molar-refractivity contribution in [1.82, 2.24) is 9.78 Å². The van der Waals surface area contributed by atoms with Gasteiger partial charge in [0.2, 0.25) is 0 Å². The number of aryl methyl sites for hydroxylation is 1. The first-order chi connectivity index (χ1) is 9.49. The van der Waals surface area contributed by atoms with Crippen LogP contribution in [0.25, 0.3) is 10.2 Å². The van der Waals surface area contributed by atoms with E-state index in [0.29, 0.717) is 4.83 Å². The Kier molecular flexibility index (Phi) is 3.88. The van der Waals surface area contributed by atoms with E-state index in [4.69, 9.17) is 5.11 Å². The quantitative estimate of drug-likeness (QED) is 0.927. The zero-order valence-corrected chi connectivity index (χ0v) is 14.0. The summed E-state index contributed by atoms with van der Waals surface area (Å²) >= 11 is 1.13. The van der Waals surface area contributed by atoms with Gasteiger partial charge in [0.05, 0.1) is 18.0 Å². The molecule has 0 unspecified atom stereocenters. The number of aromatic carboxylic acids is 1. The van der Waals surface area contributed by atoms with E-state index in [0.717, 1.165) is 22.4 Å². The van der Waals surface area contributed by atoms with E-state index in [9.17, 15) is 13.2 Å². The summed E-state index contributed by atoms with van der Waals surface area (Å²) in [4.78, 5) is 12.1. The molecule has 0 aliphatic heterocycles. The topological polar surface area (TPSA) is 89.3 Å². The standard InChI is InChI=1S/C13H18N2O4S2/c1-13(2,3)10-8-7-9(12(16)17)20-11(8)15(14-10)5-6-21(4,18)19/h7H,5-6H2,1-4H3,(H,16,17). The number of hydrogen-bond acceptors (Lipinski definition) is 5. The zero-order valence-electron chi connectivity index (χ0n) is 12.4. The van der Waals surface area contributed by atoms with Crippen molar-refractivity contribution in [2.24, 2.45) is 0 Å². The van der Waals surface area contributed by atoms with Crippen molar-refractivity contribution >= 4 is 37.4 Å². The third kappa shape index (κ3) is 3.44. The van der Waals surface area contributed by atoms with Crippen LogP contribution in [0.4, 0.5) is 0 Å². The lowest BCUT2D eigenvalue weighted by Gasteiger charge is -2.15. The average molecular weight is 330 g/mol. The Bertz CT molecular complexity index is 794. The van der Waals surface area contributed by atoms with Crippen LogP contribution >= 0.6 is 11.3 Å². The molecule has 0 amide bonds. The maximum absolute atomic E-state index is 11.3. The fourth-order valence-electron chi connectivity index (χ4n) is 2.03. The summed E-state index contributed by atoms with van der Waals surface area (Å²) in [6.07, 6.45) is 1.18. The average Bonchev–Trinajstić information content (AvgIpc) is 2.81. The smallest absolute Gasteiger partial charge is 0.345 e. The highest BCUT2D eigenvalue weighted by molar-refractivity contribution is 7.90. The number of nitrogens with zero attached hydrogens (tertiary/aromatic N) is 2. The van der Waals surface area contributed by atoms with Crippen molar-refractivity contribution in [2.75, 3.05) is 12.0 Å². The molecule has 0 radical (unpaired) electrons. The molecule has 0 aromatic carbocycles. The van der Waals surface area contributed by atoms with Gasteiger partial charge < -0.3 is 5.11 Å². The van der Waals surface area contributed by atoms with Gasteiger partial charge in [-0.2, -0.15) is 5.10 Å². The molecular weight excluding hydrogens is 312 g/mol. The van der Waals surface area contributed by atoms with E-state index in [1.165, 1.54) is 6.26 Å². The number of carbonyl (C=O) groups is 1. The van der Waals surface area contributed by atoms with Gasteiger partial charge in [0.25, 0.3) is 0 Å². The Morgan fingerprint density at radius 1 is 1.43 bits per heavy atom. The Morgan fingerprint density at radius 3 is 2.52 bits per heavy atom. The maximum atomic E-state index is 11.3. The minimum atomic E-state index is -3.10. The molecule has 0 aliphatic carbocycles. The second kappa shape index (κ2) is 5.10. The zero-order chi connectivity index (χ0) is 16.0. The molecule has 21 heavy (non-hydrogen) atoms. The largest absolute Gasteiger partial charge is 0.477 e. The van der Waals surface area contributed by atoms with Crippen LogP contribution in [0.15, 0.2) is 6.07 Å². The first-order valence-electron chi connectivity index (χ1n) is 6.41. The highest BCUT2D eigenvalue weighted by Gasteiger charge is 2.25. The van der Waals surface area contributed by atoms with E-state index < -0.39 is 15.8 Å². The Hall–Kier alpha value is -1.41. The summed E-state index contributed by atoms with van der Waals surface area (Å²) in [6, 6.07) is 1.62. The first-order valence-corrected chi connectivity index (χ1v) is 9.28. The van der Waals surface area contributed by atoms with Gasteiger partial charge in [-0.05, 0) is 6.07 Å². The third-order valence-electron chi connectivity index (χ3n) is 3.02. The van der Waals surface area contributed by atoms with Crippen LogP contribution in [0.3, 0.4) is 0 Å². The number of carboxylic acids is 1. The number of carboxylic acid groups (broad SMARTS) is 1. The molecule has 8 heteroatoms. The van der Waals surface area contributed by atoms with Crippen LogP contribution < -0.4 is 0 Å². The van der Waals surface area contributed by atoms with Gasteiger partial charge in [0, 0.05) is 17.1 Å². The molecule has 0 bridgehead atoms. The number of thiophene rings is 1. The Balaban J connectivity index is 2.57. The highest BCUT2D eigenvalue weighted by atomic mass is 32.2. The van der Waals surface area contributed by atoms with Crippen LogP contribution in [0, 0.1) is 0 Å². The van der Waals surface area contributed by atoms with Crippen molar-refractivity contribution < 1.29 is 18.3 Å². The number of aromatic nitrogens is 2. The molecule has 0 fully saturated rings. The minimum absolute atomic E-state index is 0.0202. The van der Waals surface area contributed by atoms with Crippen LogP contribution in [0.1, 0.15) is 36.1 Å². The van der Waals surface area contributed by atoms with Gasteiger partial charge in [-0.3, -0.25) is 4.68 Å². The normalized spacial score (nSPS) is 13.0. The molecular formula is C13H18N2O4S2. The van der Waals surface area contributed by atoms with Crippen molar-refractivity contribution in [2.45, 2.75) is 32.7 Å². The summed E-state index contributed by atoms with van der Waals surface area (Å²) < 4.78 is 24.3. The van der Waals surface area contributed by atoms with E-state index in [-0.39, 0.29) is 22.6 Å². The molecule has 0 atom stereocenters. The summed E-state index contributed by atoms with van der Waals surface area (Å²) in [6.45, 7) is 6.21. The number of rotatable bonds is 4. The molecule has 6 nitrogen and oxygen atoms in total. The molecule has 0 saturated heterocycles. The third-order valence-corrected chi connectivity index (χ3v) is 5.08. The van der Waals surface area contributed by atoms with Crippen molar-refractivity contribution in [3.05, 3.63) is 16.6 Å². The van der Waals surface area contributed by atoms with E-state index in [1.54, 1.807) is 10.7 Å². The Labute approximate surface area is 127 Å². The summed E-state index contributed by atoms with van der Waals surface area (Å²) in [5.41, 5.74) is 0.542. The Morgan fingerprint density at radius 2 is 2.05 bits per heavy atom. The van der Waals surface area contributed by atoms with Crippen LogP contribution in [0.2, 0.25) is 0 Å². The second-order valence-corrected chi connectivity index (χ2v) is 9.38. The highest BCUT2D eigenvalue weighted by Crippen LogP contribution is 2.34. The van der Waals surface area contributed by atoms with Gasteiger partial charge in [0.1, 0.15) is 19.5 Å². The van der Waals surface area contributed by atoms with Crippen molar-refractivity contribution in [1.29, 1.82) is 0 Å². The number of sulfone groups is 1. The maximum Gasteiger partial charge on any atom is 0.345 e. The van der Waals surface area contributed by atoms with E-state index in [2.05, 4.69) is 5.10 Å². The van der Waals surface area contributed by atoms with Gasteiger partial charge in [-0.15, -0.1) is 11.3 Å². The monoisotopic (exact) mass is 330 g/mol. The summed E-state index contributed by atoms with van der Waals surface area (Å²) in [5.74, 6) is -1.00. The van der Waals surface area contributed by atoms with Gasteiger partial charge in [-0.1, -0.05) is 20.8 Å². The van der Waals surface area contributed by atoms with Crippen LogP contribution in [-0.2, 0) is 21.8 Å². The molecule has 2 rings (SSSR count). The van der Waals surface area contributed by atoms with Gasteiger partial charge in [-0.25, -0.2) is 13.2 Å². The van der Waals surface area contributed by atoms with Gasteiger partial charge in [0.15, 0.2) is 0 Å². The number of hydrogen-bond donors (Lipinski definition) is 1. The summed E-state index contributed by atoms with van der Waals surface area (Å²) in [5, 5.41) is 14.4. The van der Waals surface area contributed by atoms with Crippen molar-refractivity contribution in [3.63, 3.8) is 0 Å². The molecule has 0 spiro atoms. The predicted octanol–water partition coefficient (Wildman–Crippen LogP) is 2.14. The fourth-order valence-corrected chi connectivity index (χ4v) is 3.51. The van der Waals surface area contributed by atoms with Gasteiger partial charge >= 0.3 is 5.97 Å². The molecule has 116 valence electrons. The SMILES string of the molecule is CC(C)(C)c1nn(CCS(C)(=O)=O)c2sc(C(=O)O)cc12. The molecule has 1 N–H and O–H groups in total. The molecule has 0 aliphatic rings. The lowest BCUT2D eigenvalue weighted by atomic mass is 9.91. The molecule has 0 saturated carbocycles. The molecule has 2 aromatic rings. The lowest BCUT2D eigenvalue weighted by Crippen LogP contribution is -2.15. The lowest BCUT2D eigenvalue weighted by molar-refractivity contribution is 0.0702. The van der Waals surface area contributed by atoms with Crippen LogP contribution in [-0.4, -0.2) is 41.3 Å². The molecule has 2 aromatic heterocycles. The predicted molar refractivity (Wildman–Crippen MR) is 83.0 cm³/mol.